The van der Waals surface area contributed by atoms with Gasteiger partial charge in [0.25, 0.3) is 5.69 Å². The number of nitrogens with zero attached hydrogens (tertiary/aromatic N) is 2. The van der Waals surface area contributed by atoms with E-state index in [1.54, 1.807) is 0 Å². The maximum atomic E-state index is 10.7. The largest absolute Gasteiger partial charge is 0.392 e. The van der Waals surface area contributed by atoms with Gasteiger partial charge in [0.15, 0.2) is 0 Å². The Labute approximate surface area is 98.1 Å². The van der Waals surface area contributed by atoms with Gasteiger partial charge in [-0.25, -0.2) is 0 Å². The van der Waals surface area contributed by atoms with E-state index in [1.807, 2.05) is 30.3 Å². The Kier molecular flexibility index (Phi) is 3.00. The maximum Gasteiger partial charge on any atom is 0.295 e. The quantitative estimate of drug-likeness (QED) is 0.645. The van der Waals surface area contributed by atoms with Gasteiger partial charge in [-0.2, -0.15) is 0 Å². The summed E-state index contributed by atoms with van der Waals surface area (Å²) in [6, 6.07) is 10.9. The van der Waals surface area contributed by atoms with Crippen molar-refractivity contribution in [3.8, 4) is 0 Å². The van der Waals surface area contributed by atoms with Gasteiger partial charge in [-0.1, -0.05) is 30.3 Å². The summed E-state index contributed by atoms with van der Waals surface area (Å²) < 4.78 is 0. The predicted molar refractivity (Wildman–Crippen MR) is 64.6 cm³/mol. The SMILES string of the molecule is Nc1c([N+](=O)[O-])ccnc1Cc1ccccc1. The van der Waals surface area contributed by atoms with Crippen LogP contribution in [-0.2, 0) is 6.42 Å². The van der Waals surface area contributed by atoms with Crippen molar-refractivity contribution in [1.82, 2.24) is 4.98 Å². The second kappa shape index (κ2) is 4.61. The highest BCUT2D eigenvalue weighted by Crippen LogP contribution is 2.24. The molecule has 0 aliphatic heterocycles. The Morgan fingerprint density at radius 3 is 2.59 bits per heavy atom. The van der Waals surface area contributed by atoms with E-state index in [0.29, 0.717) is 12.1 Å². The van der Waals surface area contributed by atoms with Crippen LogP contribution in [0.4, 0.5) is 11.4 Å². The predicted octanol–water partition coefficient (Wildman–Crippen LogP) is 2.16. The van der Waals surface area contributed by atoms with Crippen molar-refractivity contribution in [2.45, 2.75) is 6.42 Å². The molecule has 5 heteroatoms. The molecule has 0 fully saturated rings. The van der Waals surface area contributed by atoms with Crippen LogP contribution in [0.2, 0.25) is 0 Å². The Balaban J connectivity index is 2.34. The molecule has 0 saturated heterocycles. The fourth-order valence-electron chi connectivity index (χ4n) is 1.59. The van der Waals surface area contributed by atoms with Gasteiger partial charge in [0.05, 0.1) is 10.6 Å². The molecule has 0 unspecified atom stereocenters. The van der Waals surface area contributed by atoms with Gasteiger partial charge in [-0.3, -0.25) is 15.1 Å². The normalized spacial score (nSPS) is 10.1. The molecule has 0 saturated carbocycles. The van der Waals surface area contributed by atoms with Crippen molar-refractivity contribution in [3.05, 3.63) is 64.0 Å². The lowest BCUT2D eigenvalue weighted by Gasteiger charge is -2.04. The Bertz CT molecular complexity index is 541. The molecule has 1 heterocycles. The lowest BCUT2D eigenvalue weighted by atomic mass is 10.1. The summed E-state index contributed by atoms with van der Waals surface area (Å²) in [6.07, 6.45) is 1.90. The van der Waals surface area contributed by atoms with Crippen molar-refractivity contribution in [2.75, 3.05) is 5.73 Å². The first kappa shape index (κ1) is 11.1. The van der Waals surface area contributed by atoms with E-state index < -0.39 is 4.92 Å². The molecule has 0 amide bonds. The molecule has 0 spiro atoms. The molecule has 0 aliphatic carbocycles. The number of nitrogen functional groups attached to an aromatic ring is 1. The number of pyridine rings is 1. The van der Waals surface area contributed by atoms with Gasteiger partial charge in [-0.15, -0.1) is 0 Å². The Hall–Kier alpha value is -2.43. The molecule has 17 heavy (non-hydrogen) atoms. The van der Waals surface area contributed by atoms with Crippen molar-refractivity contribution < 1.29 is 4.92 Å². The van der Waals surface area contributed by atoms with E-state index in [9.17, 15) is 10.1 Å². The first-order chi connectivity index (χ1) is 8.18. The number of benzene rings is 1. The van der Waals surface area contributed by atoms with Crippen molar-refractivity contribution in [2.24, 2.45) is 0 Å². The van der Waals surface area contributed by atoms with Crippen molar-refractivity contribution in [3.63, 3.8) is 0 Å². The molecule has 5 nitrogen and oxygen atoms in total. The highest BCUT2D eigenvalue weighted by Gasteiger charge is 2.15. The van der Waals surface area contributed by atoms with Crippen LogP contribution < -0.4 is 5.73 Å². The van der Waals surface area contributed by atoms with Gasteiger partial charge >= 0.3 is 0 Å². The number of nitro groups is 1. The Morgan fingerprint density at radius 2 is 1.94 bits per heavy atom. The minimum Gasteiger partial charge on any atom is -0.392 e. The third kappa shape index (κ3) is 2.39. The van der Waals surface area contributed by atoms with Gasteiger partial charge in [0.2, 0.25) is 0 Å². The second-order valence-electron chi connectivity index (χ2n) is 3.61. The minimum atomic E-state index is -0.495. The third-order valence-electron chi connectivity index (χ3n) is 2.46. The molecule has 2 N–H and O–H groups in total. The van der Waals surface area contributed by atoms with Crippen LogP contribution in [-0.4, -0.2) is 9.91 Å². The molecule has 0 atom stereocenters. The van der Waals surface area contributed by atoms with Crippen LogP contribution in [0.5, 0.6) is 0 Å². The van der Waals surface area contributed by atoms with E-state index >= 15 is 0 Å². The van der Waals surface area contributed by atoms with Crippen LogP contribution >= 0.6 is 0 Å². The first-order valence-electron chi connectivity index (χ1n) is 5.10. The fourth-order valence-corrected chi connectivity index (χ4v) is 1.59. The smallest absolute Gasteiger partial charge is 0.295 e. The number of nitrogens with two attached hydrogens (primary N) is 1. The van der Waals surface area contributed by atoms with Gasteiger partial charge in [-0.05, 0) is 5.56 Å². The molecule has 1 aromatic heterocycles. The van der Waals surface area contributed by atoms with E-state index in [0.717, 1.165) is 5.56 Å². The van der Waals surface area contributed by atoms with Crippen LogP contribution in [0, 0.1) is 10.1 Å². The monoisotopic (exact) mass is 229 g/mol. The van der Waals surface area contributed by atoms with Gasteiger partial charge in [0.1, 0.15) is 5.69 Å². The summed E-state index contributed by atoms with van der Waals surface area (Å²) in [6.45, 7) is 0. The zero-order chi connectivity index (χ0) is 12.3. The number of anilines is 1. The highest BCUT2D eigenvalue weighted by atomic mass is 16.6. The second-order valence-corrected chi connectivity index (χ2v) is 3.61. The summed E-state index contributed by atoms with van der Waals surface area (Å²) in [5.74, 6) is 0. The van der Waals surface area contributed by atoms with Gasteiger partial charge < -0.3 is 5.73 Å². The van der Waals surface area contributed by atoms with Crippen molar-refractivity contribution in [1.29, 1.82) is 0 Å². The summed E-state index contributed by atoms with van der Waals surface area (Å²) in [7, 11) is 0. The van der Waals surface area contributed by atoms with Crippen LogP contribution in [0.15, 0.2) is 42.6 Å². The number of aromatic nitrogens is 1. The summed E-state index contributed by atoms with van der Waals surface area (Å²) in [5.41, 5.74) is 7.33. The zero-order valence-corrected chi connectivity index (χ0v) is 9.04. The van der Waals surface area contributed by atoms with E-state index in [2.05, 4.69) is 4.98 Å². The average molecular weight is 229 g/mol. The summed E-state index contributed by atoms with van der Waals surface area (Å²) in [4.78, 5) is 14.3. The molecule has 0 bridgehead atoms. The molecule has 1 aromatic carbocycles. The average Bonchev–Trinajstić information content (AvgIpc) is 2.33. The fraction of sp³-hybridized carbons (Fsp3) is 0.0833. The minimum absolute atomic E-state index is 0.0917. The number of hydrogen-bond donors (Lipinski definition) is 1. The number of rotatable bonds is 3. The summed E-state index contributed by atoms with van der Waals surface area (Å²) in [5, 5.41) is 10.7. The van der Waals surface area contributed by atoms with E-state index in [-0.39, 0.29) is 11.4 Å². The van der Waals surface area contributed by atoms with E-state index in [1.165, 1.54) is 12.3 Å². The first-order valence-corrected chi connectivity index (χ1v) is 5.10. The Morgan fingerprint density at radius 1 is 1.24 bits per heavy atom. The molecular formula is C12H11N3O2. The summed E-state index contributed by atoms with van der Waals surface area (Å²) >= 11 is 0. The highest BCUT2D eigenvalue weighted by molar-refractivity contribution is 5.61. The van der Waals surface area contributed by atoms with Gasteiger partial charge in [0, 0.05) is 18.7 Å². The molecule has 86 valence electrons. The molecule has 0 radical (unpaired) electrons. The van der Waals surface area contributed by atoms with Crippen LogP contribution in [0.1, 0.15) is 11.3 Å². The standard InChI is InChI=1S/C12H11N3O2/c13-12-10(8-9-4-2-1-3-5-9)14-7-6-11(12)15(16)17/h1-7H,8,13H2. The van der Waals surface area contributed by atoms with Crippen LogP contribution in [0.3, 0.4) is 0 Å². The molecule has 0 aliphatic rings. The molecule has 2 aromatic rings. The molecular weight excluding hydrogens is 218 g/mol. The topological polar surface area (TPSA) is 82.0 Å². The number of hydrogen-bond acceptors (Lipinski definition) is 4. The lowest BCUT2D eigenvalue weighted by molar-refractivity contribution is -0.384. The van der Waals surface area contributed by atoms with Crippen molar-refractivity contribution >= 4 is 11.4 Å². The maximum absolute atomic E-state index is 10.7. The molecule has 2 rings (SSSR count). The van der Waals surface area contributed by atoms with Crippen LogP contribution in [0.25, 0.3) is 0 Å². The lowest BCUT2D eigenvalue weighted by Crippen LogP contribution is -2.03. The zero-order valence-electron chi connectivity index (χ0n) is 9.04. The van der Waals surface area contributed by atoms with E-state index in [4.69, 9.17) is 5.73 Å². The third-order valence-corrected chi connectivity index (χ3v) is 2.46.